The van der Waals surface area contributed by atoms with Gasteiger partial charge >= 0.3 is 0 Å². The van der Waals surface area contributed by atoms with Gasteiger partial charge < -0.3 is 0 Å². The van der Waals surface area contributed by atoms with Crippen molar-refractivity contribution in [1.82, 2.24) is 4.98 Å². The van der Waals surface area contributed by atoms with Crippen molar-refractivity contribution >= 4 is 34.7 Å². The molecule has 0 N–H and O–H groups in total. The molecule has 0 aliphatic carbocycles. The highest BCUT2D eigenvalue weighted by molar-refractivity contribution is 7.98. The van der Waals surface area contributed by atoms with Crippen LogP contribution in [0.1, 0.15) is 16.8 Å². The highest BCUT2D eigenvalue weighted by Crippen LogP contribution is 2.28. The number of halogens is 1. The maximum atomic E-state index is 5.83. The molecule has 16 heavy (non-hydrogen) atoms. The van der Waals surface area contributed by atoms with Crippen LogP contribution in [0.4, 0.5) is 0 Å². The van der Waals surface area contributed by atoms with Crippen LogP contribution in [0.25, 0.3) is 0 Å². The van der Waals surface area contributed by atoms with E-state index in [0.29, 0.717) is 5.88 Å². The lowest BCUT2D eigenvalue weighted by atomic mass is 10.2. The lowest BCUT2D eigenvalue weighted by Gasteiger charge is -2.07. The average Bonchev–Trinajstić information content (AvgIpc) is 2.81. The highest BCUT2D eigenvalue weighted by atomic mass is 35.5. The van der Waals surface area contributed by atoms with Crippen molar-refractivity contribution in [2.24, 2.45) is 0 Å². The predicted octanol–water partition coefficient (Wildman–Crippen LogP) is 4.48. The van der Waals surface area contributed by atoms with E-state index in [9.17, 15) is 0 Å². The summed E-state index contributed by atoms with van der Waals surface area (Å²) in [6.07, 6.45) is 1.83. The van der Waals surface area contributed by atoms with E-state index in [0.717, 1.165) is 11.4 Å². The normalized spacial score (nSPS) is 10.6. The first-order valence-electron chi connectivity index (χ1n) is 4.95. The molecule has 0 bridgehead atoms. The molecule has 0 aliphatic rings. The van der Waals surface area contributed by atoms with Gasteiger partial charge in [0, 0.05) is 16.8 Å². The van der Waals surface area contributed by atoms with E-state index in [1.165, 1.54) is 16.0 Å². The van der Waals surface area contributed by atoms with Crippen molar-refractivity contribution in [3.63, 3.8) is 0 Å². The van der Waals surface area contributed by atoms with Gasteiger partial charge in [0.25, 0.3) is 0 Å². The molecule has 4 heteroatoms. The van der Waals surface area contributed by atoms with Crippen molar-refractivity contribution in [3.05, 3.63) is 45.9 Å². The van der Waals surface area contributed by atoms with Gasteiger partial charge in [-0.1, -0.05) is 0 Å². The van der Waals surface area contributed by atoms with Gasteiger partial charge in [-0.15, -0.1) is 23.4 Å². The molecule has 2 rings (SSSR count). The minimum absolute atomic E-state index is 0.485. The maximum absolute atomic E-state index is 5.83. The molecule has 2 heterocycles. The van der Waals surface area contributed by atoms with E-state index < -0.39 is 0 Å². The number of nitrogens with zero attached hydrogens (tertiary/aromatic N) is 1. The van der Waals surface area contributed by atoms with Gasteiger partial charge in [0.15, 0.2) is 0 Å². The second-order valence-corrected chi connectivity index (χ2v) is 5.50. The van der Waals surface area contributed by atoms with Crippen LogP contribution in [0.2, 0.25) is 0 Å². The zero-order valence-corrected chi connectivity index (χ0v) is 11.3. The molecule has 0 saturated carbocycles. The highest BCUT2D eigenvalue weighted by Gasteiger charge is 2.05. The Kier molecular flexibility index (Phi) is 4.27. The smallest absolute Gasteiger partial charge is 0.0650 e. The molecule has 0 fully saturated rings. The average molecular weight is 270 g/mol. The Bertz CT molecular complexity index is 454. The summed E-state index contributed by atoms with van der Waals surface area (Å²) in [6.45, 7) is 2.08. The number of pyridine rings is 1. The van der Waals surface area contributed by atoms with Gasteiger partial charge in [-0.05, 0) is 40.9 Å². The number of rotatable bonds is 4. The number of alkyl halides is 1. The number of aromatic nitrogens is 1. The van der Waals surface area contributed by atoms with Crippen LogP contribution >= 0.6 is 34.7 Å². The van der Waals surface area contributed by atoms with Crippen molar-refractivity contribution in [1.29, 1.82) is 0 Å². The Balaban J connectivity index is 2.09. The molecule has 1 nitrogen and oxygen atoms in total. The summed E-state index contributed by atoms with van der Waals surface area (Å²) in [5, 5.41) is 4.30. The van der Waals surface area contributed by atoms with Crippen molar-refractivity contribution in [2.75, 3.05) is 0 Å². The minimum Gasteiger partial charge on any atom is -0.260 e. The fraction of sp³-hybridized carbons (Fsp3) is 0.250. The molecule has 0 aromatic carbocycles. The summed E-state index contributed by atoms with van der Waals surface area (Å²) in [5.74, 6) is 1.49. The zero-order chi connectivity index (χ0) is 11.4. The van der Waals surface area contributed by atoms with Gasteiger partial charge in [0.1, 0.15) is 0 Å². The van der Waals surface area contributed by atoms with Crippen molar-refractivity contribution in [2.45, 2.75) is 23.5 Å². The number of thioether (sulfide) groups is 1. The predicted molar refractivity (Wildman–Crippen MR) is 72.4 cm³/mol. The van der Waals surface area contributed by atoms with Gasteiger partial charge in [-0.3, -0.25) is 4.98 Å². The molecule has 0 atom stereocenters. The Labute approximate surface area is 109 Å². The summed E-state index contributed by atoms with van der Waals surface area (Å²) < 4.78 is 0. The Morgan fingerprint density at radius 1 is 1.44 bits per heavy atom. The third-order valence-corrected chi connectivity index (χ3v) is 4.58. The van der Waals surface area contributed by atoms with E-state index in [4.69, 9.17) is 11.6 Å². The van der Waals surface area contributed by atoms with Crippen LogP contribution in [0.3, 0.4) is 0 Å². The molecular formula is C12H12ClNS2. The van der Waals surface area contributed by atoms with Crippen molar-refractivity contribution < 1.29 is 0 Å². The second kappa shape index (κ2) is 5.71. The fourth-order valence-electron chi connectivity index (χ4n) is 1.39. The van der Waals surface area contributed by atoms with Gasteiger partial charge in [0.2, 0.25) is 0 Å². The molecule has 0 unspecified atom stereocenters. The van der Waals surface area contributed by atoms with E-state index >= 15 is 0 Å². The largest absolute Gasteiger partial charge is 0.260 e. The van der Waals surface area contributed by atoms with E-state index in [2.05, 4.69) is 34.8 Å². The molecule has 2 aromatic rings. The fourth-order valence-corrected chi connectivity index (χ4v) is 3.42. The van der Waals surface area contributed by atoms with Crippen molar-refractivity contribution in [3.8, 4) is 0 Å². The third kappa shape index (κ3) is 2.78. The third-order valence-electron chi connectivity index (χ3n) is 2.36. The zero-order valence-electron chi connectivity index (χ0n) is 8.94. The molecule has 0 aliphatic heterocycles. The summed E-state index contributed by atoms with van der Waals surface area (Å²) in [5.41, 5.74) is 3.56. The number of thiophene rings is 1. The second-order valence-electron chi connectivity index (χ2n) is 3.43. The Morgan fingerprint density at radius 2 is 2.31 bits per heavy atom. The molecule has 0 amide bonds. The topological polar surface area (TPSA) is 12.9 Å². The van der Waals surface area contributed by atoms with Crippen LogP contribution in [0, 0.1) is 6.92 Å². The summed E-state index contributed by atoms with van der Waals surface area (Å²) in [4.78, 5) is 5.53. The molecule has 2 aromatic heterocycles. The monoisotopic (exact) mass is 269 g/mol. The van der Waals surface area contributed by atoms with Gasteiger partial charge in [-0.25, -0.2) is 0 Å². The Hall–Kier alpha value is -0.510. The van der Waals surface area contributed by atoms with E-state index in [1.807, 2.05) is 18.0 Å². The first-order valence-corrected chi connectivity index (χ1v) is 7.42. The van der Waals surface area contributed by atoms with Crippen LogP contribution in [-0.4, -0.2) is 4.98 Å². The Morgan fingerprint density at radius 3 is 3.00 bits per heavy atom. The number of hydrogen-bond acceptors (Lipinski definition) is 3. The number of hydrogen-bond donors (Lipinski definition) is 0. The first kappa shape index (κ1) is 12.0. The summed E-state index contributed by atoms with van der Waals surface area (Å²) >= 11 is 9.42. The van der Waals surface area contributed by atoms with E-state index in [-0.39, 0.29) is 0 Å². The molecular weight excluding hydrogens is 258 g/mol. The van der Waals surface area contributed by atoms with E-state index in [1.54, 1.807) is 11.3 Å². The SMILES string of the molecule is Cc1c(SCc2ccsc2)ccnc1CCl. The molecule has 0 saturated heterocycles. The minimum atomic E-state index is 0.485. The van der Waals surface area contributed by atoms with Gasteiger partial charge in [0.05, 0.1) is 11.6 Å². The standard InChI is InChI=1S/C12H12ClNS2/c1-9-11(6-13)14-4-2-12(9)16-8-10-3-5-15-7-10/h2-5,7H,6,8H2,1H3. The quantitative estimate of drug-likeness (QED) is 0.599. The first-order chi connectivity index (χ1) is 7.81. The molecule has 84 valence electrons. The lowest BCUT2D eigenvalue weighted by molar-refractivity contribution is 1.07. The van der Waals surface area contributed by atoms with Crippen LogP contribution in [0.5, 0.6) is 0 Å². The molecule has 0 spiro atoms. The summed E-state index contributed by atoms with van der Waals surface area (Å²) in [7, 11) is 0. The van der Waals surface area contributed by atoms with Gasteiger partial charge in [-0.2, -0.15) is 11.3 Å². The maximum Gasteiger partial charge on any atom is 0.0650 e. The van der Waals surface area contributed by atoms with Crippen LogP contribution in [-0.2, 0) is 11.6 Å². The van der Waals surface area contributed by atoms with Crippen LogP contribution in [0.15, 0.2) is 34.0 Å². The van der Waals surface area contributed by atoms with Crippen LogP contribution < -0.4 is 0 Å². The molecule has 0 radical (unpaired) electrons. The summed E-state index contributed by atoms with van der Waals surface area (Å²) in [6, 6.07) is 4.22. The lowest BCUT2D eigenvalue weighted by Crippen LogP contribution is -1.92.